The zero-order chi connectivity index (χ0) is 16.8. The maximum absolute atomic E-state index is 13.0. The minimum Gasteiger partial charge on any atom is -0.465 e. The van der Waals surface area contributed by atoms with Gasteiger partial charge in [-0.15, -0.1) is 22.7 Å². The average Bonchev–Trinajstić information content (AvgIpc) is 3.20. The molecule has 2 N–H and O–H groups in total. The number of nitrogens with two attached hydrogens (primary N) is 1. The molecule has 5 nitrogen and oxygen atoms in total. The van der Waals surface area contributed by atoms with E-state index in [-0.39, 0.29) is 5.56 Å². The van der Waals surface area contributed by atoms with Crippen molar-refractivity contribution < 1.29 is 9.53 Å². The number of carbonyl (C=O) groups is 1. The minimum atomic E-state index is -0.496. The number of fused-ring (bicyclic) bond motifs is 3. The Morgan fingerprint density at radius 3 is 2.67 bits per heavy atom. The Labute approximate surface area is 144 Å². The number of nitrogens with zero attached hydrogens (tertiary/aromatic N) is 1. The van der Waals surface area contributed by atoms with Crippen molar-refractivity contribution in [3.05, 3.63) is 57.0 Å². The SMILES string of the molecule is COC(=O)c1sc2c(c1N)c1ccsc1c(=O)n2-c1ccccc1. The highest BCUT2D eigenvalue weighted by Gasteiger charge is 2.23. The predicted molar refractivity (Wildman–Crippen MR) is 98.6 cm³/mol. The van der Waals surface area contributed by atoms with Gasteiger partial charge in [-0.05, 0) is 23.6 Å². The molecular formula is C17H12N2O3S2. The average molecular weight is 356 g/mol. The Morgan fingerprint density at radius 1 is 1.21 bits per heavy atom. The van der Waals surface area contributed by atoms with E-state index in [1.165, 1.54) is 29.8 Å². The first-order valence-electron chi connectivity index (χ1n) is 7.11. The molecule has 4 aromatic rings. The minimum absolute atomic E-state index is 0.114. The van der Waals surface area contributed by atoms with Crippen molar-refractivity contribution in [3.8, 4) is 5.69 Å². The van der Waals surface area contributed by atoms with Crippen molar-refractivity contribution >= 4 is 54.6 Å². The van der Waals surface area contributed by atoms with Gasteiger partial charge in [-0.1, -0.05) is 18.2 Å². The number of thiophene rings is 2. The lowest BCUT2D eigenvalue weighted by atomic mass is 10.2. The van der Waals surface area contributed by atoms with Gasteiger partial charge >= 0.3 is 5.97 Å². The zero-order valence-corrected chi connectivity index (χ0v) is 14.2. The molecule has 0 saturated carbocycles. The molecule has 0 amide bonds. The maximum atomic E-state index is 13.0. The fourth-order valence-corrected chi connectivity index (χ4v) is 4.77. The van der Waals surface area contributed by atoms with Gasteiger partial charge in [-0.25, -0.2) is 4.79 Å². The summed E-state index contributed by atoms with van der Waals surface area (Å²) in [5.41, 5.74) is 7.22. The third kappa shape index (κ3) is 1.98. The number of ether oxygens (including phenoxy) is 1. The van der Waals surface area contributed by atoms with E-state index in [9.17, 15) is 9.59 Å². The van der Waals surface area contributed by atoms with Crippen LogP contribution in [0.4, 0.5) is 5.69 Å². The second-order valence-electron chi connectivity index (χ2n) is 5.16. The lowest BCUT2D eigenvalue weighted by Crippen LogP contribution is -2.17. The Kier molecular flexibility index (Phi) is 3.40. The third-order valence-corrected chi connectivity index (χ3v) is 5.92. The van der Waals surface area contributed by atoms with Gasteiger partial charge in [0.05, 0.1) is 18.5 Å². The molecule has 0 unspecified atom stereocenters. The molecule has 1 aromatic carbocycles. The molecule has 0 saturated heterocycles. The van der Waals surface area contributed by atoms with Crippen molar-refractivity contribution in [2.75, 3.05) is 12.8 Å². The summed E-state index contributed by atoms with van der Waals surface area (Å²) in [7, 11) is 1.32. The number of esters is 1. The Morgan fingerprint density at radius 2 is 1.96 bits per heavy atom. The van der Waals surface area contributed by atoms with Crippen LogP contribution < -0.4 is 11.3 Å². The summed E-state index contributed by atoms with van der Waals surface area (Å²) in [5, 5.41) is 3.35. The van der Waals surface area contributed by atoms with Crippen LogP contribution in [0.15, 0.2) is 46.6 Å². The molecule has 3 heterocycles. The van der Waals surface area contributed by atoms with E-state index in [1.807, 2.05) is 41.8 Å². The number of hydrogen-bond donors (Lipinski definition) is 1. The molecule has 0 aliphatic carbocycles. The summed E-state index contributed by atoms with van der Waals surface area (Å²) in [5.74, 6) is -0.496. The summed E-state index contributed by atoms with van der Waals surface area (Å²) in [6.45, 7) is 0. The summed E-state index contributed by atoms with van der Waals surface area (Å²) in [6.07, 6.45) is 0. The first-order valence-corrected chi connectivity index (χ1v) is 8.81. The molecule has 7 heteroatoms. The van der Waals surface area contributed by atoms with Crippen molar-refractivity contribution in [1.82, 2.24) is 4.57 Å². The van der Waals surface area contributed by atoms with Crippen LogP contribution in [0.1, 0.15) is 9.67 Å². The van der Waals surface area contributed by atoms with E-state index in [0.29, 0.717) is 20.1 Å². The number of pyridine rings is 1. The van der Waals surface area contributed by atoms with E-state index in [4.69, 9.17) is 10.5 Å². The zero-order valence-electron chi connectivity index (χ0n) is 12.6. The van der Waals surface area contributed by atoms with Gasteiger partial charge < -0.3 is 10.5 Å². The van der Waals surface area contributed by atoms with E-state index >= 15 is 0 Å². The van der Waals surface area contributed by atoms with Gasteiger partial charge in [-0.3, -0.25) is 9.36 Å². The van der Waals surface area contributed by atoms with Crippen molar-refractivity contribution in [1.29, 1.82) is 0 Å². The van der Waals surface area contributed by atoms with Crippen LogP contribution in [0.25, 0.3) is 26.0 Å². The number of benzene rings is 1. The van der Waals surface area contributed by atoms with E-state index < -0.39 is 5.97 Å². The Bertz CT molecular complexity index is 1140. The monoisotopic (exact) mass is 356 g/mol. The normalized spacial score (nSPS) is 11.2. The molecular weight excluding hydrogens is 344 g/mol. The Hall–Kier alpha value is -2.64. The molecule has 120 valence electrons. The molecule has 0 radical (unpaired) electrons. The number of aromatic nitrogens is 1. The summed E-state index contributed by atoms with van der Waals surface area (Å²) in [4.78, 5) is 26.0. The summed E-state index contributed by atoms with van der Waals surface area (Å²) in [6, 6.07) is 11.2. The van der Waals surface area contributed by atoms with Crippen molar-refractivity contribution in [3.63, 3.8) is 0 Å². The second-order valence-corrected chi connectivity index (χ2v) is 7.07. The topological polar surface area (TPSA) is 74.3 Å². The standard InChI is InChI=1S/C17H12N2O3S2/c1-22-17(21)14-12(18)11-10-7-8-23-13(10)15(20)19(16(11)24-14)9-5-3-2-4-6-9/h2-8H,18H2,1H3. The number of carbonyl (C=O) groups excluding carboxylic acids is 1. The number of nitrogen functional groups attached to an aromatic ring is 1. The lowest BCUT2D eigenvalue weighted by molar-refractivity contribution is 0.0607. The van der Waals surface area contributed by atoms with Gasteiger partial charge in [-0.2, -0.15) is 0 Å². The largest absolute Gasteiger partial charge is 0.465 e. The van der Waals surface area contributed by atoms with Crippen molar-refractivity contribution in [2.45, 2.75) is 0 Å². The summed E-state index contributed by atoms with van der Waals surface area (Å²) < 4.78 is 7.05. The number of methoxy groups -OCH3 is 1. The van der Waals surface area contributed by atoms with Gasteiger partial charge in [0.25, 0.3) is 5.56 Å². The van der Waals surface area contributed by atoms with Gasteiger partial charge in [0.15, 0.2) is 0 Å². The first-order chi connectivity index (χ1) is 11.6. The van der Waals surface area contributed by atoms with E-state index in [1.54, 1.807) is 4.57 Å². The molecule has 0 aliphatic heterocycles. The van der Waals surface area contributed by atoms with Crippen LogP contribution in [0.2, 0.25) is 0 Å². The van der Waals surface area contributed by atoms with Crippen LogP contribution in [-0.4, -0.2) is 17.6 Å². The highest BCUT2D eigenvalue weighted by Crippen LogP contribution is 2.39. The first kappa shape index (κ1) is 14.9. The smallest absolute Gasteiger partial charge is 0.350 e. The van der Waals surface area contributed by atoms with Crippen LogP contribution in [0, 0.1) is 0 Å². The van der Waals surface area contributed by atoms with Crippen molar-refractivity contribution in [2.24, 2.45) is 0 Å². The predicted octanol–water partition coefficient (Wildman–Crippen LogP) is 3.64. The molecule has 0 atom stereocenters. The van der Waals surface area contributed by atoms with Gasteiger partial charge in [0.1, 0.15) is 14.4 Å². The number of rotatable bonds is 2. The number of para-hydroxylation sites is 1. The van der Waals surface area contributed by atoms with E-state index in [2.05, 4.69) is 0 Å². The van der Waals surface area contributed by atoms with Crippen LogP contribution in [0.5, 0.6) is 0 Å². The molecule has 3 aromatic heterocycles. The lowest BCUT2D eigenvalue weighted by Gasteiger charge is -2.08. The highest BCUT2D eigenvalue weighted by molar-refractivity contribution is 7.22. The van der Waals surface area contributed by atoms with Gasteiger partial charge in [0, 0.05) is 10.8 Å². The maximum Gasteiger partial charge on any atom is 0.350 e. The van der Waals surface area contributed by atoms with Crippen LogP contribution in [-0.2, 0) is 4.74 Å². The molecule has 0 spiro atoms. The van der Waals surface area contributed by atoms with E-state index in [0.717, 1.165) is 16.5 Å². The fourth-order valence-electron chi connectivity index (χ4n) is 2.77. The highest BCUT2D eigenvalue weighted by atomic mass is 32.1. The molecule has 0 aliphatic rings. The third-order valence-electron chi connectivity index (χ3n) is 3.85. The molecule has 4 rings (SSSR count). The molecule has 24 heavy (non-hydrogen) atoms. The Balaban J connectivity index is 2.24. The number of anilines is 1. The number of hydrogen-bond acceptors (Lipinski definition) is 6. The fraction of sp³-hybridized carbons (Fsp3) is 0.0588. The van der Waals surface area contributed by atoms with Crippen LogP contribution in [0.3, 0.4) is 0 Å². The molecule has 0 fully saturated rings. The molecule has 0 bridgehead atoms. The summed E-state index contributed by atoms with van der Waals surface area (Å²) >= 11 is 2.55. The second kappa shape index (κ2) is 5.47. The van der Waals surface area contributed by atoms with Crippen LogP contribution >= 0.6 is 22.7 Å². The quantitative estimate of drug-likeness (QED) is 0.557. The van der Waals surface area contributed by atoms with Gasteiger partial charge in [0.2, 0.25) is 0 Å².